The van der Waals surface area contributed by atoms with Crippen LogP contribution in [0.1, 0.15) is 6.92 Å². The number of nitro groups is 1. The molecule has 0 aliphatic heterocycles. The first-order valence-electron chi connectivity index (χ1n) is 5.83. The van der Waals surface area contributed by atoms with Crippen molar-refractivity contribution >= 4 is 27.5 Å². The Morgan fingerprint density at radius 2 is 2.14 bits per heavy atom. The average Bonchev–Trinajstić information content (AvgIpc) is 2.38. The van der Waals surface area contributed by atoms with E-state index in [1.807, 2.05) is 0 Å². The van der Waals surface area contributed by atoms with E-state index in [1.165, 1.54) is 18.7 Å². The van der Waals surface area contributed by atoms with Gasteiger partial charge in [0.25, 0.3) is 0 Å². The highest BCUT2D eigenvalue weighted by Gasteiger charge is 2.31. The summed E-state index contributed by atoms with van der Waals surface area (Å²) in [6, 6.07) is 2.18. The highest BCUT2D eigenvalue weighted by atomic mass is 32.2. The Bertz CT molecular complexity index is 619. The zero-order valence-electron chi connectivity index (χ0n) is 11.3. The molecule has 0 spiro atoms. The predicted molar refractivity (Wildman–Crippen MR) is 77.2 cm³/mol. The van der Waals surface area contributed by atoms with E-state index in [1.54, 1.807) is 6.26 Å². The van der Waals surface area contributed by atoms with Gasteiger partial charge in [-0.05, 0) is 25.3 Å². The molecule has 0 aliphatic rings. The number of rotatable bonds is 7. The molecule has 1 rings (SSSR count). The monoisotopic (exact) mass is 338 g/mol. The Balaban J connectivity index is 3.21. The number of nitro benzene ring substituents is 1. The van der Waals surface area contributed by atoms with Gasteiger partial charge in [0.05, 0.1) is 11.5 Å². The molecular weight excluding hydrogens is 323 g/mol. The zero-order chi connectivity index (χ0) is 16.2. The first-order chi connectivity index (χ1) is 9.74. The number of benzene rings is 1. The molecule has 0 aliphatic carbocycles. The fourth-order valence-electron chi connectivity index (χ4n) is 1.71. The first-order valence-corrected chi connectivity index (χ1v) is 8.60. The second kappa shape index (κ2) is 7.16. The molecule has 21 heavy (non-hydrogen) atoms. The van der Waals surface area contributed by atoms with Crippen LogP contribution in [0.25, 0.3) is 0 Å². The van der Waals surface area contributed by atoms with E-state index in [-0.39, 0.29) is 6.61 Å². The quantitative estimate of drug-likeness (QED) is 0.569. The van der Waals surface area contributed by atoms with Crippen LogP contribution in [0, 0.1) is 15.9 Å². The molecular formula is C11H15FN2O5S2. The van der Waals surface area contributed by atoms with Crippen molar-refractivity contribution < 1.29 is 22.8 Å². The summed E-state index contributed by atoms with van der Waals surface area (Å²) < 4.78 is 40.1. The molecule has 2 unspecified atom stereocenters. The summed E-state index contributed by atoms with van der Waals surface area (Å²) in [5.41, 5.74) is -1.10. The zero-order valence-corrected chi connectivity index (χ0v) is 12.9. The third-order valence-corrected chi connectivity index (χ3v) is 5.56. The molecule has 1 aromatic rings. The largest absolute Gasteiger partial charge is 0.395 e. The lowest BCUT2D eigenvalue weighted by atomic mass is 10.3. The van der Waals surface area contributed by atoms with E-state index in [2.05, 4.69) is 4.72 Å². The summed E-state index contributed by atoms with van der Waals surface area (Å²) in [7, 11) is -4.28. The summed E-state index contributed by atoms with van der Waals surface area (Å²) in [6.45, 7) is 1.25. The molecule has 118 valence electrons. The average molecular weight is 338 g/mol. The predicted octanol–water partition coefficient (Wildman–Crippen LogP) is 1.12. The van der Waals surface area contributed by atoms with Gasteiger partial charge in [-0.1, -0.05) is 6.07 Å². The topological polar surface area (TPSA) is 110 Å². The Hall–Kier alpha value is -1.23. The molecule has 7 nitrogen and oxygen atoms in total. The van der Waals surface area contributed by atoms with Crippen LogP contribution in [0.15, 0.2) is 23.1 Å². The number of thioether (sulfide) groups is 1. The fourth-order valence-corrected chi connectivity index (χ4v) is 3.89. The number of hydrogen-bond donors (Lipinski definition) is 2. The van der Waals surface area contributed by atoms with E-state index in [0.717, 1.165) is 18.2 Å². The van der Waals surface area contributed by atoms with Crippen LogP contribution in [0.5, 0.6) is 0 Å². The maximum absolute atomic E-state index is 13.5. The number of halogens is 1. The second-order valence-corrected chi connectivity index (χ2v) is 6.97. The van der Waals surface area contributed by atoms with Crippen LogP contribution in [0.4, 0.5) is 10.1 Å². The molecule has 10 heteroatoms. The minimum atomic E-state index is -4.28. The summed E-state index contributed by atoms with van der Waals surface area (Å²) in [5.74, 6) is -1.22. The highest BCUT2D eigenvalue weighted by Crippen LogP contribution is 2.27. The third-order valence-electron chi connectivity index (χ3n) is 2.80. The van der Waals surface area contributed by atoms with Gasteiger partial charge in [-0.2, -0.15) is 16.2 Å². The van der Waals surface area contributed by atoms with E-state index in [9.17, 15) is 22.9 Å². The van der Waals surface area contributed by atoms with Gasteiger partial charge in [-0.25, -0.2) is 13.1 Å². The number of nitrogens with one attached hydrogen (secondary N) is 1. The second-order valence-electron chi connectivity index (χ2n) is 4.21. The lowest BCUT2D eigenvalue weighted by Crippen LogP contribution is -2.41. The number of aliphatic hydroxyl groups excluding tert-OH is 1. The molecule has 0 heterocycles. The third kappa shape index (κ3) is 4.13. The van der Waals surface area contributed by atoms with Crippen molar-refractivity contribution in [3.8, 4) is 0 Å². The van der Waals surface area contributed by atoms with Gasteiger partial charge in [-0.15, -0.1) is 0 Å². The molecule has 0 saturated carbocycles. The molecule has 0 fully saturated rings. The van der Waals surface area contributed by atoms with Crippen molar-refractivity contribution in [2.75, 3.05) is 12.9 Å². The van der Waals surface area contributed by atoms with Gasteiger partial charge in [-0.3, -0.25) is 10.1 Å². The Morgan fingerprint density at radius 1 is 1.52 bits per heavy atom. The fraction of sp³-hybridized carbons (Fsp3) is 0.455. The van der Waals surface area contributed by atoms with E-state index >= 15 is 0 Å². The Labute approximate surface area is 125 Å². The smallest absolute Gasteiger partial charge is 0.324 e. The lowest BCUT2D eigenvalue weighted by molar-refractivity contribution is -0.390. The Morgan fingerprint density at radius 3 is 2.62 bits per heavy atom. The molecule has 2 atom stereocenters. The van der Waals surface area contributed by atoms with Crippen LogP contribution >= 0.6 is 11.8 Å². The van der Waals surface area contributed by atoms with Gasteiger partial charge in [0.1, 0.15) is 0 Å². The molecule has 0 saturated heterocycles. The van der Waals surface area contributed by atoms with Crippen molar-refractivity contribution in [1.82, 2.24) is 4.72 Å². The molecule has 0 bridgehead atoms. The normalized spacial score (nSPS) is 14.7. The van der Waals surface area contributed by atoms with Gasteiger partial charge in [0.2, 0.25) is 15.8 Å². The van der Waals surface area contributed by atoms with Crippen LogP contribution in [-0.4, -0.2) is 42.6 Å². The van der Waals surface area contributed by atoms with Crippen LogP contribution in [0.2, 0.25) is 0 Å². The van der Waals surface area contributed by atoms with Crippen molar-refractivity contribution in [3.05, 3.63) is 34.1 Å². The molecule has 0 radical (unpaired) electrons. The van der Waals surface area contributed by atoms with Crippen LogP contribution in [0.3, 0.4) is 0 Å². The lowest BCUT2D eigenvalue weighted by Gasteiger charge is -2.21. The van der Waals surface area contributed by atoms with Crippen LogP contribution < -0.4 is 4.72 Å². The van der Waals surface area contributed by atoms with E-state index < -0.39 is 42.6 Å². The van der Waals surface area contributed by atoms with E-state index in [0.29, 0.717) is 0 Å². The van der Waals surface area contributed by atoms with Crippen molar-refractivity contribution in [2.45, 2.75) is 23.1 Å². The highest BCUT2D eigenvalue weighted by molar-refractivity contribution is 7.99. The van der Waals surface area contributed by atoms with Gasteiger partial charge < -0.3 is 5.11 Å². The van der Waals surface area contributed by atoms with Gasteiger partial charge in [0, 0.05) is 11.3 Å². The minimum absolute atomic E-state index is 0.268. The minimum Gasteiger partial charge on any atom is -0.395 e. The molecule has 0 amide bonds. The number of hydrogen-bond acceptors (Lipinski definition) is 6. The number of sulfonamides is 1. The summed E-state index contributed by atoms with van der Waals surface area (Å²) in [6.07, 6.45) is 1.69. The van der Waals surface area contributed by atoms with E-state index in [4.69, 9.17) is 5.11 Å². The maximum Gasteiger partial charge on any atom is 0.324 e. The maximum atomic E-state index is 13.5. The SMILES string of the molecule is CSC(CO)C(C)NS(=O)(=O)c1cccc(F)c1[N+](=O)[O-]. The van der Waals surface area contributed by atoms with Crippen LogP contribution in [-0.2, 0) is 10.0 Å². The van der Waals surface area contributed by atoms with Crippen molar-refractivity contribution in [3.63, 3.8) is 0 Å². The summed E-state index contributed by atoms with van der Waals surface area (Å²) in [5, 5.41) is 19.6. The first kappa shape index (κ1) is 17.8. The van der Waals surface area contributed by atoms with Crippen molar-refractivity contribution in [2.24, 2.45) is 0 Å². The van der Waals surface area contributed by atoms with Gasteiger partial charge >= 0.3 is 5.69 Å². The number of para-hydroxylation sites is 1. The molecule has 2 N–H and O–H groups in total. The molecule has 1 aromatic carbocycles. The summed E-state index contributed by atoms with van der Waals surface area (Å²) in [4.78, 5) is 9.03. The number of aliphatic hydroxyl groups is 1. The Kier molecular flexibility index (Phi) is 6.08. The molecule has 0 aromatic heterocycles. The van der Waals surface area contributed by atoms with Crippen molar-refractivity contribution in [1.29, 1.82) is 0 Å². The summed E-state index contributed by atoms with van der Waals surface area (Å²) >= 11 is 1.24. The number of nitrogens with zero attached hydrogens (tertiary/aromatic N) is 1. The van der Waals surface area contributed by atoms with Gasteiger partial charge in [0.15, 0.2) is 4.90 Å². The standard InChI is InChI=1S/C11H15FN2O5S2/c1-7(9(6-15)20-2)13-21(18,19)10-5-3-4-8(12)11(10)14(16)17/h3-5,7,9,13,15H,6H2,1-2H3.